The number of nitrogens with one attached hydrogen (secondary N) is 1. The summed E-state index contributed by atoms with van der Waals surface area (Å²) in [5.41, 5.74) is 11.4. The molecule has 0 fully saturated rings. The van der Waals surface area contributed by atoms with Gasteiger partial charge in [0, 0.05) is 29.3 Å². The van der Waals surface area contributed by atoms with E-state index in [1.165, 1.54) is 0 Å². The number of aromatic amines is 1. The van der Waals surface area contributed by atoms with Crippen LogP contribution in [0, 0.1) is 0 Å². The number of nitrogen functional groups attached to an aromatic ring is 1. The Bertz CT molecular complexity index is 1210. The van der Waals surface area contributed by atoms with Crippen molar-refractivity contribution in [3.05, 3.63) is 65.5 Å². The molecule has 0 aliphatic carbocycles. The number of rotatable bonds is 6. The zero-order chi connectivity index (χ0) is 21.1. The number of methoxy groups -OCH3 is 1. The minimum Gasteiger partial charge on any atom is -0.496 e. The van der Waals surface area contributed by atoms with Crippen molar-refractivity contribution < 1.29 is 4.74 Å². The second kappa shape index (κ2) is 8.34. The van der Waals surface area contributed by atoms with Crippen LogP contribution in [0.1, 0.15) is 16.8 Å². The fraction of sp³-hybridized carbons (Fsp3) is 0.174. The number of nitrogens with two attached hydrogens (primary N) is 1. The van der Waals surface area contributed by atoms with Crippen LogP contribution in [0.15, 0.2) is 48.7 Å². The standard InChI is InChI=1S/C23H24N6O/c1-29(2)14-17-6-4-15(12-22(17)30-3)5-9-20-18-8-7-16(13-21(18)28-27-20)19-10-11-25-23(24)26-19/h4-13H,14H2,1-3H3,(H,27,28)(H2,24,25,26). The number of ether oxygens (including phenoxy) is 1. The first-order valence-electron chi connectivity index (χ1n) is 9.60. The van der Waals surface area contributed by atoms with E-state index in [-0.39, 0.29) is 5.95 Å². The van der Waals surface area contributed by atoms with Gasteiger partial charge in [-0.1, -0.05) is 24.3 Å². The van der Waals surface area contributed by atoms with E-state index in [9.17, 15) is 0 Å². The van der Waals surface area contributed by atoms with Gasteiger partial charge in [-0.25, -0.2) is 9.97 Å². The van der Waals surface area contributed by atoms with Crippen molar-refractivity contribution in [2.45, 2.75) is 6.54 Å². The van der Waals surface area contributed by atoms with Crippen molar-refractivity contribution >= 4 is 29.0 Å². The molecule has 7 heteroatoms. The van der Waals surface area contributed by atoms with Crippen molar-refractivity contribution in [1.82, 2.24) is 25.1 Å². The van der Waals surface area contributed by atoms with Crippen molar-refractivity contribution in [3.8, 4) is 17.0 Å². The molecule has 4 rings (SSSR count). The number of fused-ring (bicyclic) bond motifs is 1. The molecule has 0 unspecified atom stereocenters. The predicted octanol–water partition coefficient (Wildman–Crippen LogP) is 3.84. The third-order valence-electron chi connectivity index (χ3n) is 4.79. The molecule has 0 aliphatic heterocycles. The Labute approximate surface area is 175 Å². The normalized spacial score (nSPS) is 11.6. The molecule has 30 heavy (non-hydrogen) atoms. The largest absolute Gasteiger partial charge is 0.496 e. The van der Waals surface area contributed by atoms with Crippen LogP contribution in [0.25, 0.3) is 34.3 Å². The summed E-state index contributed by atoms with van der Waals surface area (Å²) in [5.74, 6) is 1.14. The number of H-pyrrole nitrogens is 1. The predicted molar refractivity (Wildman–Crippen MR) is 121 cm³/mol. The molecular formula is C23H24N6O. The topological polar surface area (TPSA) is 92.9 Å². The summed E-state index contributed by atoms with van der Waals surface area (Å²) in [5, 5.41) is 8.59. The van der Waals surface area contributed by atoms with E-state index < -0.39 is 0 Å². The number of hydrogen-bond donors (Lipinski definition) is 2. The second-order valence-electron chi connectivity index (χ2n) is 7.31. The second-order valence-corrected chi connectivity index (χ2v) is 7.31. The Kier molecular flexibility index (Phi) is 5.45. The summed E-state index contributed by atoms with van der Waals surface area (Å²) in [7, 11) is 5.79. The number of aromatic nitrogens is 4. The van der Waals surface area contributed by atoms with Crippen molar-refractivity contribution in [2.24, 2.45) is 0 Å². The maximum atomic E-state index is 5.70. The molecule has 7 nitrogen and oxygen atoms in total. The molecule has 0 bridgehead atoms. The Balaban J connectivity index is 1.60. The monoisotopic (exact) mass is 400 g/mol. The van der Waals surface area contributed by atoms with E-state index in [4.69, 9.17) is 10.5 Å². The average molecular weight is 400 g/mol. The van der Waals surface area contributed by atoms with Crippen LogP contribution in [0.4, 0.5) is 5.95 Å². The summed E-state index contributed by atoms with van der Waals surface area (Å²) in [6, 6.07) is 14.1. The van der Waals surface area contributed by atoms with Gasteiger partial charge in [-0.2, -0.15) is 5.10 Å². The maximum absolute atomic E-state index is 5.70. The SMILES string of the molecule is COc1cc(C=Cc2n[nH]c3cc(-c4ccnc(N)n4)ccc23)ccc1CN(C)C. The minimum atomic E-state index is 0.257. The molecule has 0 saturated heterocycles. The molecule has 0 aliphatic rings. The Morgan fingerprint density at radius 2 is 1.97 bits per heavy atom. The molecule has 0 spiro atoms. The van der Waals surface area contributed by atoms with Gasteiger partial charge in [-0.05, 0) is 50.0 Å². The van der Waals surface area contributed by atoms with E-state index in [1.54, 1.807) is 13.3 Å². The fourth-order valence-corrected chi connectivity index (χ4v) is 3.37. The third-order valence-corrected chi connectivity index (χ3v) is 4.79. The van der Waals surface area contributed by atoms with Gasteiger partial charge in [0.15, 0.2) is 0 Å². The fourth-order valence-electron chi connectivity index (χ4n) is 3.37. The van der Waals surface area contributed by atoms with Crippen molar-refractivity contribution in [1.29, 1.82) is 0 Å². The highest BCUT2D eigenvalue weighted by Gasteiger charge is 2.08. The zero-order valence-corrected chi connectivity index (χ0v) is 17.3. The molecule has 152 valence electrons. The number of hydrogen-bond acceptors (Lipinski definition) is 6. The molecule has 0 saturated carbocycles. The van der Waals surface area contributed by atoms with Crippen LogP contribution >= 0.6 is 0 Å². The first-order valence-corrected chi connectivity index (χ1v) is 9.60. The summed E-state index contributed by atoms with van der Waals surface area (Å²) in [6.45, 7) is 0.831. The minimum absolute atomic E-state index is 0.257. The van der Waals surface area contributed by atoms with Gasteiger partial charge in [0.2, 0.25) is 5.95 Å². The smallest absolute Gasteiger partial charge is 0.220 e. The molecule has 2 heterocycles. The van der Waals surface area contributed by atoms with E-state index in [0.29, 0.717) is 0 Å². The number of anilines is 1. The lowest BCUT2D eigenvalue weighted by molar-refractivity contribution is 0.372. The highest BCUT2D eigenvalue weighted by atomic mass is 16.5. The Hall–Kier alpha value is -3.71. The average Bonchev–Trinajstić information content (AvgIpc) is 3.15. The first-order chi connectivity index (χ1) is 14.5. The van der Waals surface area contributed by atoms with Crippen molar-refractivity contribution in [3.63, 3.8) is 0 Å². The summed E-state index contributed by atoms with van der Waals surface area (Å²) < 4.78 is 5.56. The Morgan fingerprint density at radius 1 is 1.10 bits per heavy atom. The molecule has 2 aromatic carbocycles. The number of nitrogens with zero attached hydrogens (tertiary/aromatic N) is 4. The Morgan fingerprint density at radius 3 is 2.73 bits per heavy atom. The lowest BCUT2D eigenvalue weighted by atomic mass is 10.1. The van der Waals surface area contributed by atoms with Crippen molar-refractivity contribution in [2.75, 3.05) is 26.9 Å². The lowest BCUT2D eigenvalue weighted by Crippen LogP contribution is -2.11. The number of benzene rings is 2. The van der Waals surface area contributed by atoms with E-state index >= 15 is 0 Å². The molecule has 0 amide bonds. The molecule has 3 N–H and O–H groups in total. The van der Waals surface area contributed by atoms with Gasteiger partial charge in [-0.15, -0.1) is 0 Å². The van der Waals surface area contributed by atoms with Crippen LogP contribution in [0.5, 0.6) is 5.75 Å². The van der Waals surface area contributed by atoms with Crippen LogP contribution in [0.2, 0.25) is 0 Å². The van der Waals surface area contributed by atoms with Gasteiger partial charge in [0.05, 0.1) is 24.0 Å². The van der Waals surface area contributed by atoms with Crippen LogP contribution < -0.4 is 10.5 Å². The van der Waals surface area contributed by atoms with E-state index in [1.807, 2.05) is 56.6 Å². The van der Waals surface area contributed by atoms with Gasteiger partial charge in [0.25, 0.3) is 0 Å². The summed E-state index contributed by atoms with van der Waals surface area (Å²) in [6.07, 6.45) is 5.69. The quantitative estimate of drug-likeness (QED) is 0.511. The molecule has 4 aromatic rings. The zero-order valence-electron chi connectivity index (χ0n) is 17.3. The van der Waals surface area contributed by atoms with Crippen LogP contribution in [0.3, 0.4) is 0 Å². The van der Waals surface area contributed by atoms with E-state index in [0.717, 1.165) is 51.3 Å². The third kappa shape index (κ3) is 4.16. The van der Waals surface area contributed by atoms with Gasteiger partial charge in [-0.3, -0.25) is 5.10 Å². The van der Waals surface area contributed by atoms with Gasteiger partial charge >= 0.3 is 0 Å². The highest BCUT2D eigenvalue weighted by molar-refractivity contribution is 5.91. The molecule has 0 atom stereocenters. The lowest BCUT2D eigenvalue weighted by Gasteiger charge is -2.13. The highest BCUT2D eigenvalue weighted by Crippen LogP contribution is 2.26. The summed E-state index contributed by atoms with van der Waals surface area (Å²) >= 11 is 0. The maximum Gasteiger partial charge on any atom is 0.220 e. The van der Waals surface area contributed by atoms with Gasteiger partial charge < -0.3 is 15.4 Å². The molecule has 2 aromatic heterocycles. The molecule has 0 radical (unpaired) electrons. The molecular weight excluding hydrogens is 376 g/mol. The first kappa shape index (κ1) is 19.6. The summed E-state index contributed by atoms with van der Waals surface area (Å²) in [4.78, 5) is 10.3. The van der Waals surface area contributed by atoms with Gasteiger partial charge in [0.1, 0.15) is 5.75 Å². The van der Waals surface area contributed by atoms with Crippen LogP contribution in [-0.2, 0) is 6.54 Å². The van der Waals surface area contributed by atoms with Crippen LogP contribution in [-0.4, -0.2) is 46.3 Å². The van der Waals surface area contributed by atoms with E-state index in [2.05, 4.69) is 37.2 Å².